The maximum Gasteiger partial charge on any atom is 0.315 e. The Hall–Kier alpha value is -5.05. The second kappa shape index (κ2) is 10.3. The van der Waals surface area contributed by atoms with E-state index in [1.54, 1.807) is 12.1 Å². The Morgan fingerprint density at radius 2 is 2.06 bits per heavy atom. The number of hydrogen-bond donors (Lipinski definition) is 2. The molecule has 0 aliphatic heterocycles. The van der Waals surface area contributed by atoms with E-state index in [9.17, 15) is 34.8 Å². The summed E-state index contributed by atoms with van der Waals surface area (Å²) in [6, 6.07) is 9.25. The first-order chi connectivity index (χ1) is 16.7. The lowest BCUT2D eigenvalue weighted by molar-refractivity contribution is -0.386. The number of aromatic nitrogens is 2. The van der Waals surface area contributed by atoms with Gasteiger partial charge in [0.2, 0.25) is 5.75 Å². The second-order valence-electron chi connectivity index (χ2n) is 7.20. The zero-order valence-electron chi connectivity index (χ0n) is 18.5. The van der Waals surface area contributed by atoms with Crippen LogP contribution >= 0.6 is 0 Å². The highest BCUT2D eigenvalue weighted by Gasteiger charge is 2.26. The minimum absolute atomic E-state index is 0.121. The number of carbonyl (C=O) groups is 1. The number of nitrogens with zero attached hydrogens (tertiary/aromatic N) is 5. The van der Waals surface area contributed by atoms with Crippen LogP contribution in [0.15, 0.2) is 54.5 Å². The van der Waals surface area contributed by atoms with Crippen LogP contribution < -0.4 is 4.74 Å². The largest absolute Gasteiger partial charge is 0.506 e. The number of hydrogen-bond acceptors (Lipinski definition) is 9. The van der Waals surface area contributed by atoms with E-state index in [4.69, 9.17) is 4.74 Å². The third kappa shape index (κ3) is 5.14. The zero-order chi connectivity index (χ0) is 25.7. The van der Waals surface area contributed by atoms with E-state index in [1.165, 1.54) is 37.8 Å². The van der Waals surface area contributed by atoms with E-state index in [0.717, 1.165) is 24.1 Å². The van der Waals surface area contributed by atoms with Crippen LogP contribution in [0.2, 0.25) is 0 Å². The Labute approximate surface area is 198 Å². The molecule has 1 heterocycles. The molecule has 0 spiro atoms. The van der Waals surface area contributed by atoms with Crippen LogP contribution in [0.4, 0.5) is 10.1 Å². The number of carbonyl (C=O) groups excluding carboxylic acids is 1. The number of benzene rings is 2. The van der Waals surface area contributed by atoms with Gasteiger partial charge in [0.15, 0.2) is 11.3 Å². The molecule has 3 rings (SSSR count). The van der Waals surface area contributed by atoms with Gasteiger partial charge in [0.05, 0.1) is 17.7 Å². The molecule has 0 saturated carbocycles. The molecule has 1 amide bonds. The van der Waals surface area contributed by atoms with Crippen molar-refractivity contribution in [1.29, 1.82) is 5.26 Å². The number of nitriles is 1. The smallest absolute Gasteiger partial charge is 0.315 e. The summed E-state index contributed by atoms with van der Waals surface area (Å²) in [5.74, 6) is -3.57. The van der Waals surface area contributed by atoms with E-state index in [-0.39, 0.29) is 23.4 Å². The van der Waals surface area contributed by atoms with Gasteiger partial charge in [-0.25, -0.2) is 14.4 Å². The van der Waals surface area contributed by atoms with Gasteiger partial charge in [-0.2, -0.15) is 5.26 Å². The Balaban J connectivity index is 1.95. The van der Waals surface area contributed by atoms with Gasteiger partial charge in [0.25, 0.3) is 5.91 Å². The molecule has 0 bridgehead atoms. The van der Waals surface area contributed by atoms with Gasteiger partial charge in [-0.1, -0.05) is 0 Å². The highest BCUT2D eigenvalue weighted by molar-refractivity contribution is 6.03. The van der Waals surface area contributed by atoms with E-state index in [0.29, 0.717) is 11.3 Å². The minimum Gasteiger partial charge on any atom is -0.506 e. The molecule has 178 valence electrons. The lowest BCUT2D eigenvalue weighted by atomic mass is 10.0. The van der Waals surface area contributed by atoms with Gasteiger partial charge in [0.1, 0.15) is 24.0 Å². The fourth-order valence-corrected chi connectivity index (χ4v) is 3.21. The fourth-order valence-electron chi connectivity index (χ4n) is 3.21. The molecule has 12 heteroatoms. The number of amides is 1. The summed E-state index contributed by atoms with van der Waals surface area (Å²) in [5.41, 5.74) is -0.618. The average Bonchev–Trinajstić information content (AvgIpc) is 2.86. The Morgan fingerprint density at radius 1 is 1.31 bits per heavy atom. The van der Waals surface area contributed by atoms with Gasteiger partial charge >= 0.3 is 5.69 Å². The van der Waals surface area contributed by atoms with Crippen molar-refractivity contribution in [2.45, 2.75) is 6.54 Å². The lowest BCUT2D eigenvalue weighted by Gasteiger charge is -2.18. The van der Waals surface area contributed by atoms with E-state index >= 15 is 0 Å². The molecule has 0 unspecified atom stereocenters. The number of phenolic OH excluding ortho intramolecular Hbond substituents is 1. The van der Waals surface area contributed by atoms with E-state index < -0.39 is 39.4 Å². The molecule has 1 aromatic heterocycles. The summed E-state index contributed by atoms with van der Waals surface area (Å²) >= 11 is 0. The number of methoxy groups -OCH3 is 1. The van der Waals surface area contributed by atoms with Crippen LogP contribution in [0, 0.1) is 27.3 Å². The van der Waals surface area contributed by atoms with Crippen molar-refractivity contribution in [3.63, 3.8) is 0 Å². The van der Waals surface area contributed by atoms with Crippen LogP contribution in [0.5, 0.6) is 11.5 Å². The number of rotatable bonds is 7. The Bertz CT molecular complexity index is 1370. The molecular weight excluding hydrogens is 461 g/mol. The second-order valence-corrected chi connectivity index (χ2v) is 7.20. The van der Waals surface area contributed by atoms with Crippen LogP contribution in [-0.2, 0) is 11.3 Å². The molecule has 3 aromatic rings. The predicted molar refractivity (Wildman–Crippen MR) is 120 cm³/mol. The highest BCUT2D eigenvalue weighted by atomic mass is 19.1. The van der Waals surface area contributed by atoms with Gasteiger partial charge in [-0.05, 0) is 30.3 Å². The van der Waals surface area contributed by atoms with Crippen molar-refractivity contribution in [3.8, 4) is 28.8 Å². The predicted octanol–water partition coefficient (Wildman–Crippen LogP) is 3.36. The molecule has 0 aliphatic rings. The molecule has 0 atom stereocenters. The quantitative estimate of drug-likeness (QED) is 0.170. The lowest BCUT2D eigenvalue weighted by Crippen LogP contribution is -2.28. The molecule has 0 fully saturated rings. The van der Waals surface area contributed by atoms with Crippen molar-refractivity contribution in [2.24, 2.45) is 0 Å². The van der Waals surface area contributed by atoms with Crippen molar-refractivity contribution >= 4 is 17.4 Å². The van der Waals surface area contributed by atoms with Crippen molar-refractivity contribution in [1.82, 2.24) is 14.9 Å². The Morgan fingerprint density at radius 3 is 2.66 bits per heavy atom. The minimum atomic E-state index is -0.966. The van der Waals surface area contributed by atoms with Crippen LogP contribution in [0.3, 0.4) is 0 Å². The SMILES string of the molecule is COc1cc(/C(O)=C(\C#N)C(=O)N(C)Cc2cc(-c3ccncn3)ccc2F)cc([N+](=O)[O-])c1O. The van der Waals surface area contributed by atoms with Crippen LogP contribution in [-0.4, -0.2) is 50.1 Å². The topological polar surface area (TPSA) is 163 Å². The summed E-state index contributed by atoms with van der Waals surface area (Å²) in [7, 11) is 2.43. The maximum atomic E-state index is 14.5. The highest BCUT2D eigenvalue weighted by Crippen LogP contribution is 2.38. The number of ether oxygens (including phenoxy) is 1. The third-order valence-electron chi connectivity index (χ3n) is 4.99. The van der Waals surface area contributed by atoms with Gasteiger partial charge in [-0.15, -0.1) is 0 Å². The first-order valence-electron chi connectivity index (χ1n) is 9.87. The fraction of sp³-hybridized carbons (Fsp3) is 0.130. The van der Waals surface area contributed by atoms with Crippen molar-refractivity contribution < 1.29 is 29.1 Å². The van der Waals surface area contributed by atoms with E-state index in [1.807, 2.05) is 0 Å². The van der Waals surface area contributed by atoms with Gasteiger partial charge in [-0.3, -0.25) is 14.9 Å². The summed E-state index contributed by atoms with van der Waals surface area (Å²) in [5, 5.41) is 41.2. The number of nitro benzene ring substituents is 1. The number of aromatic hydroxyl groups is 1. The van der Waals surface area contributed by atoms with E-state index in [2.05, 4.69) is 9.97 Å². The zero-order valence-corrected chi connectivity index (χ0v) is 18.5. The number of nitro groups is 1. The molecule has 35 heavy (non-hydrogen) atoms. The first kappa shape index (κ1) is 24.6. The Kier molecular flexibility index (Phi) is 7.21. The number of halogens is 1. The molecule has 2 aromatic carbocycles. The first-order valence-corrected chi connectivity index (χ1v) is 9.87. The van der Waals surface area contributed by atoms with Crippen molar-refractivity contribution in [3.05, 3.63) is 81.6 Å². The molecule has 2 N–H and O–H groups in total. The van der Waals surface area contributed by atoms with Crippen LogP contribution in [0.1, 0.15) is 11.1 Å². The maximum absolute atomic E-state index is 14.5. The number of phenols is 1. The average molecular weight is 479 g/mol. The normalized spacial score (nSPS) is 11.3. The third-order valence-corrected chi connectivity index (χ3v) is 4.99. The summed E-state index contributed by atoms with van der Waals surface area (Å²) in [6.07, 6.45) is 2.86. The standard InChI is InChI=1S/C23H18FN5O6/c1-28(11-15-7-13(3-4-17(15)24)18-5-6-26-12-27-18)23(32)16(10-25)21(30)14-8-19(29(33)34)22(31)20(9-14)35-2/h3-9,12,30-31H,11H2,1-2H3/b21-16-. The number of aliphatic hydroxyl groups is 1. The summed E-state index contributed by atoms with van der Waals surface area (Å²) in [4.78, 5) is 32.2. The summed E-state index contributed by atoms with van der Waals surface area (Å²) < 4.78 is 19.3. The number of likely N-dealkylation sites (N-methyl/N-ethyl adjacent to an activating group) is 1. The van der Waals surface area contributed by atoms with Gasteiger partial charge in [0, 0.05) is 42.5 Å². The van der Waals surface area contributed by atoms with Crippen molar-refractivity contribution in [2.75, 3.05) is 14.2 Å². The van der Waals surface area contributed by atoms with Crippen LogP contribution in [0.25, 0.3) is 17.0 Å². The summed E-state index contributed by atoms with van der Waals surface area (Å²) in [6.45, 7) is -0.263. The number of aliphatic hydroxyl groups excluding tert-OH is 1. The molecule has 11 nitrogen and oxygen atoms in total. The van der Waals surface area contributed by atoms with Gasteiger partial charge < -0.3 is 19.8 Å². The molecule has 0 aliphatic carbocycles. The molecule has 0 saturated heterocycles. The molecular formula is C23H18FN5O6. The molecule has 0 radical (unpaired) electrons. The monoisotopic (exact) mass is 479 g/mol.